The summed E-state index contributed by atoms with van der Waals surface area (Å²) in [4.78, 5) is 0. The molecule has 0 amide bonds. The largest absolute Gasteiger partial charge is 0.399 e. The van der Waals surface area contributed by atoms with Crippen molar-refractivity contribution in [2.45, 2.75) is 26.7 Å². The van der Waals surface area contributed by atoms with Gasteiger partial charge in [-0.15, -0.1) is 0 Å². The number of fused-ring (bicyclic) bond motifs is 1. The van der Waals surface area contributed by atoms with E-state index in [2.05, 4.69) is 32.1 Å². The highest BCUT2D eigenvalue weighted by atomic mass is 14.5. The maximum Gasteiger partial charge on any atom is 0.0317 e. The van der Waals surface area contributed by atoms with Gasteiger partial charge in [-0.25, -0.2) is 0 Å². The Morgan fingerprint density at radius 2 is 2.07 bits per heavy atom. The molecular formula is C13H17N. The highest BCUT2D eigenvalue weighted by Crippen LogP contribution is 2.33. The summed E-state index contributed by atoms with van der Waals surface area (Å²) in [5, 5.41) is 0. The van der Waals surface area contributed by atoms with Crippen molar-refractivity contribution in [3.05, 3.63) is 35.4 Å². The third kappa shape index (κ3) is 1.67. The molecule has 1 nitrogen and oxygen atoms in total. The zero-order valence-electron chi connectivity index (χ0n) is 8.88. The molecule has 0 aromatic heterocycles. The Balaban J connectivity index is 2.40. The molecule has 0 atom stereocenters. The predicted molar refractivity (Wildman–Crippen MR) is 62.0 cm³/mol. The Bertz CT molecular complexity index is 375. The summed E-state index contributed by atoms with van der Waals surface area (Å²) in [6, 6.07) is 6.26. The lowest BCUT2D eigenvalue weighted by Crippen LogP contribution is -1.88. The van der Waals surface area contributed by atoms with Crippen LogP contribution in [-0.4, -0.2) is 0 Å². The molecule has 0 aliphatic heterocycles. The van der Waals surface area contributed by atoms with E-state index in [0.717, 1.165) is 12.1 Å². The number of anilines is 1. The van der Waals surface area contributed by atoms with E-state index in [1.807, 2.05) is 6.07 Å². The number of hydrogen-bond donors (Lipinski definition) is 1. The van der Waals surface area contributed by atoms with Gasteiger partial charge in [-0.05, 0) is 47.6 Å². The van der Waals surface area contributed by atoms with Gasteiger partial charge in [-0.1, -0.05) is 26.0 Å². The van der Waals surface area contributed by atoms with Gasteiger partial charge in [0, 0.05) is 5.69 Å². The maximum absolute atomic E-state index is 5.76. The van der Waals surface area contributed by atoms with Crippen LogP contribution in [0.3, 0.4) is 0 Å². The molecule has 0 bridgehead atoms. The van der Waals surface area contributed by atoms with Gasteiger partial charge in [0.05, 0.1) is 0 Å². The topological polar surface area (TPSA) is 26.0 Å². The summed E-state index contributed by atoms with van der Waals surface area (Å²) >= 11 is 0. The molecule has 0 saturated heterocycles. The van der Waals surface area contributed by atoms with E-state index in [9.17, 15) is 0 Å². The number of rotatable bonds is 1. The number of benzene rings is 1. The molecule has 74 valence electrons. The molecule has 1 aromatic carbocycles. The number of aryl methyl sites for hydroxylation is 1. The van der Waals surface area contributed by atoms with Crippen LogP contribution in [-0.2, 0) is 6.42 Å². The van der Waals surface area contributed by atoms with Crippen LogP contribution in [0.25, 0.3) is 5.57 Å². The summed E-state index contributed by atoms with van der Waals surface area (Å²) in [6.07, 6.45) is 4.69. The minimum absolute atomic E-state index is 0.633. The Morgan fingerprint density at radius 3 is 2.79 bits per heavy atom. The second-order valence-electron chi connectivity index (χ2n) is 4.35. The molecule has 2 N–H and O–H groups in total. The van der Waals surface area contributed by atoms with Gasteiger partial charge in [0.15, 0.2) is 0 Å². The second-order valence-corrected chi connectivity index (χ2v) is 4.35. The molecule has 0 radical (unpaired) electrons. The first-order valence-electron chi connectivity index (χ1n) is 5.26. The Labute approximate surface area is 85.6 Å². The normalized spacial score (nSPS) is 17.8. The zero-order valence-corrected chi connectivity index (χ0v) is 8.88. The van der Waals surface area contributed by atoms with Crippen molar-refractivity contribution >= 4 is 11.3 Å². The van der Waals surface area contributed by atoms with Crippen LogP contribution in [0, 0.1) is 5.92 Å². The van der Waals surface area contributed by atoms with Crippen LogP contribution in [0.1, 0.15) is 31.4 Å². The summed E-state index contributed by atoms with van der Waals surface area (Å²) < 4.78 is 0. The van der Waals surface area contributed by atoms with Crippen molar-refractivity contribution in [1.29, 1.82) is 0 Å². The molecule has 0 unspecified atom stereocenters. The number of allylic oxidation sites excluding steroid dienone is 2. The summed E-state index contributed by atoms with van der Waals surface area (Å²) in [7, 11) is 0. The Morgan fingerprint density at radius 1 is 1.29 bits per heavy atom. The van der Waals surface area contributed by atoms with Gasteiger partial charge in [0.2, 0.25) is 0 Å². The monoisotopic (exact) mass is 187 g/mol. The molecule has 1 aliphatic carbocycles. The van der Waals surface area contributed by atoms with E-state index in [1.165, 1.54) is 23.1 Å². The smallest absolute Gasteiger partial charge is 0.0317 e. The molecule has 1 heteroatoms. The lowest BCUT2D eigenvalue weighted by Gasteiger charge is -2.03. The second kappa shape index (κ2) is 3.49. The first-order chi connectivity index (χ1) is 6.66. The predicted octanol–water partition coefficient (Wildman–Crippen LogP) is 3.25. The SMILES string of the molecule is CC(C)C=C1CCc2cc(N)ccc21. The average molecular weight is 187 g/mol. The van der Waals surface area contributed by atoms with Crippen LogP contribution >= 0.6 is 0 Å². The molecule has 0 fully saturated rings. The van der Waals surface area contributed by atoms with Gasteiger partial charge in [0.1, 0.15) is 0 Å². The van der Waals surface area contributed by atoms with Crippen molar-refractivity contribution in [2.24, 2.45) is 5.92 Å². The van der Waals surface area contributed by atoms with E-state index in [-0.39, 0.29) is 0 Å². The molecule has 1 aromatic rings. The van der Waals surface area contributed by atoms with Gasteiger partial charge in [0.25, 0.3) is 0 Å². The molecule has 0 spiro atoms. The van der Waals surface area contributed by atoms with Gasteiger partial charge in [-0.2, -0.15) is 0 Å². The van der Waals surface area contributed by atoms with E-state index in [1.54, 1.807) is 0 Å². The van der Waals surface area contributed by atoms with Gasteiger partial charge < -0.3 is 5.73 Å². The van der Waals surface area contributed by atoms with Crippen molar-refractivity contribution in [1.82, 2.24) is 0 Å². The Kier molecular flexibility index (Phi) is 2.32. The van der Waals surface area contributed by atoms with Crippen molar-refractivity contribution < 1.29 is 0 Å². The first kappa shape index (κ1) is 9.32. The fourth-order valence-electron chi connectivity index (χ4n) is 2.11. The first-order valence-corrected chi connectivity index (χ1v) is 5.26. The third-order valence-corrected chi connectivity index (χ3v) is 2.67. The highest BCUT2D eigenvalue weighted by Gasteiger charge is 2.15. The van der Waals surface area contributed by atoms with Crippen molar-refractivity contribution in [3.63, 3.8) is 0 Å². The number of nitrogens with two attached hydrogens (primary N) is 1. The van der Waals surface area contributed by atoms with E-state index < -0.39 is 0 Å². The molecule has 14 heavy (non-hydrogen) atoms. The third-order valence-electron chi connectivity index (χ3n) is 2.67. The minimum atomic E-state index is 0.633. The lowest BCUT2D eigenvalue weighted by molar-refractivity contribution is 0.830. The highest BCUT2D eigenvalue weighted by molar-refractivity contribution is 5.74. The average Bonchev–Trinajstić information content (AvgIpc) is 2.47. The van der Waals surface area contributed by atoms with Crippen LogP contribution in [0.4, 0.5) is 5.69 Å². The molecule has 2 rings (SSSR count). The van der Waals surface area contributed by atoms with E-state index >= 15 is 0 Å². The maximum atomic E-state index is 5.76. The van der Waals surface area contributed by atoms with Crippen LogP contribution in [0.15, 0.2) is 24.3 Å². The summed E-state index contributed by atoms with van der Waals surface area (Å²) in [6.45, 7) is 4.45. The molecular weight excluding hydrogens is 170 g/mol. The van der Waals surface area contributed by atoms with Gasteiger partial charge >= 0.3 is 0 Å². The molecule has 0 heterocycles. The van der Waals surface area contributed by atoms with Crippen molar-refractivity contribution in [2.75, 3.05) is 5.73 Å². The molecule has 0 saturated carbocycles. The quantitative estimate of drug-likeness (QED) is 0.671. The summed E-state index contributed by atoms with van der Waals surface area (Å²) in [5.74, 6) is 0.633. The summed E-state index contributed by atoms with van der Waals surface area (Å²) in [5.41, 5.74) is 11.0. The standard InChI is InChI=1S/C13H17N/c1-9(2)7-10-3-4-11-8-12(14)5-6-13(10)11/h5-9H,3-4,14H2,1-2H3. The number of hydrogen-bond acceptors (Lipinski definition) is 1. The zero-order chi connectivity index (χ0) is 10.1. The fraction of sp³-hybridized carbons (Fsp3) is 0.385. The number of nitrogen functional groups attached to an aromatic ring is 1. The fourth-order valence-corrected chi connectivity index (χ4v) is 2.11. The molecule has 1 aliphatic rings. The van der Waals surface area contributed by atoms with E-state index in [0.29, 0.717) is 5.92 Å². The Hall–Kier alpha value is -1.24. The van der Waals surface area contributed by atoms with Crippen LogP contribution < -0.4 is 5.73 Å². The van der Waals surface area contributed by atoms with Crippen LogP contribution in [0.5, 0.6) is 0 Å². The van der Waals surface area contributed by atoms with Crippen molar-refractivity contribution in [3.8, 4) is 0 Å². The lowest BCUT2D eigenvalue weighted by atomic mass is 10.0. The minimum Gasteiger partial charge on any atom is -0.399 e. The van der Waals surface area contributed by atoms with Crippen LogP contribution in [0.2, 0.25) is 0 Å². The van der Waals surface area contributed by atoms with Gasteiger partial charge in [-0.3, -0.25) is 0 Å². The van der Waals surface area contributed by atoms with E-state index in [4.69, 9.17) is 5.73 Å².